The first kappa shape index (κ1) is 20.1. The lowest BCUT2D eigenvalue weighted by atomic mass is 9.67. The van der Waals surface area contributed by atoms with E-state index in [-0.39, 0.29) is 23.8 Å². The van der Waals surface area contributed by atoms with Crippen LogP contribution in [0.25, 0.3) is 0 Å². The molecular weight excluding hydrogens is 368 g/mol. The van der Waals surface area contributed by atoms with Gasteiger partial charge in [0.15, 0.2) is 0 Å². The Balaban J connectivity index is 1.61. The molecule has 2 aliphatic heterocycles. The van der Waals surface area contributed by atoms with Crippen molar-refractivity contribution in [2.45, 2.75) is 58.1 Å². The summed E-state index contributed by atoms with van der Waals surface area (Å²) in [5.41, 5.74) is -1.03. The molecule has 0 aromatic heterocycles. The lowest BCUT2D eigenvalue weighted by Gasteiger charge is -2.65. The summed E-state index contributed by atoms with van der Waals surface area (Å²) >= 11 is 0. The zero-order valence-electron chi connectivity index (χ0n) is 16.3. The second-order valence-electron chi connectivity index (χ2n) is 7.80. The number of para-hydroxylation sites is 1. The number of β-lactam (4-membered cyclic amide) rings is 1. The molecular formula is C19H24N2O7. The van der Waals surface area contributed by atoms with Crippen LogP contribution in [0.1, 0.15) is 39.7 Å². The van der Waals surface area contributed by atoms with Gasteiger partial charge >= 0.3 is 6.16 Å². The number of carbonyl (C=O) groups is 2. The van der Waals surface area contributed by atoms with Crippen LogP contribution < -0.4 is 0 Å². The Labute approximate surface area is 162 Å². The van der Waals surface area contributed by atoms with Crippen LogP contribution in [0.15, 0.2) is 24.3 Å². The fourth-order valence-electron chi connectivity index (χ4n) is 4.36. The highest BCUT2D eigenvalue weighted by molar-refractivity contribution is 5.89. The molecule has 2 heterocycles. The predicted octanol–water partition coefficient (Wildman–Crippen LogP) is 3.01. The smallest absolute Gasteiger partial charge is 0.430 e. The van der Waals surface area contributed by atoms with Crippen LogP contribution in [0, 0.1) is 16.0 Å². The summed E-state index contributed by atoms with van der Waals surface area (Å²) in [6, 6.07) is 6.00. The van der Waals surface area contributed by atoms with Crippen molar-refractivity contribution in [2.24, 2.45) is 5.92 Å². The summed E-state index contributed by atoms with van der Waals surface area (Å²) in [4.78, 5) is 36.9. The van der Waals surface area contributed by atoms with E-state index < -0.39 is 34.4 Å². The number of hydrogen-bond acceptors (Lipinski definition) is 7. The van der Waals surface area contributed by atoms with Gasteiger partial charge in [-0.25, -0.2) is 4.79 Å². The summed E-state index contributed by atoms with van der Waals surface area (Å²) in [6.07, 6.45) is -1.01. The first-order valence-corrected chi connectivity index (χ1v) is 9.12. The van der Waals surface area contributed by atoms with Gasteiger partial charge in [-0.05, 0) is 40.2 Å². The first-order chi connectivity index (χ1) is 13.1. The summed E-state index contributed by atoms with van der Waals surface area (Å²) in [5, 5.41) is 11.0. The van der Waals surface area contributed by atoms with E-state index in [4.69, 9.17) is 14.2 Å². The number of nitrogens with zero attached hydrogens (tertiary/aromatic N) is 2. The van der Waals surface area contributed by atoms with Gasteiger partial charge in [0.1, 0.15) is 18.4 Å². The fourth-order valence-corrected chi connectivity index (χ4v) is 4.36. The van der Waals surface area contributed by atoms with Gasteiger partial charge in [-0.15, -0.1) is 0 Å². The molecule has 1 aromatic carbocycles. The van der Waals surface area contributed by atoms with Crippen LogP contribution >= 0.6 is 0 Å². The highest BCUT2D eigenvalue weighted by Gasteiger charge is 2.65. The number of ether oxygens (including phenoxy) is 3. The van der Waals surface area contributed by atoms with Crippen molar-refractivity contribution in [1.82, 2.24) is 4.90 Å². The zero-order valence-corrected chi connectivity index (χ0v) is 16.3. The Kier molecular flexibility index (Phi) is 5.05. The molecule has 3 atom stereocenters. The van der Waals surface area contributed by atoms with Gasteiger partial charge in [0, 0.05) is 6.07 Å². The van der Waals surface area contributed by atoms with E-state index in [1.54, 1.807) is 17.9 Å². The fraction of sp³-hybridized carbons (Fsp3) is 0.579. The van der Waals surface area contributed by atoms with Crippen LogP contribution in [0.2, 0.25) is 0 Å². The third-order valence-electron chi connectivity index (χ3n) is 5.55. The SMILES string of the molecule is CC(OC(=O)OCc1ccccc1[N+](=O)[O-])[C@@H]1C(=O)N2C(C)(C)OCCC12C. The molecule has 2 aliphatic rings. The van der Waals surface area contributed by atoms with E-state index in [1.807, 2.05) is 20.8 Å². The molecule has 2 saturated heterocycles. The Morgan fingerprint density at radius 2 is 2.07 bits per heavy atom. The van der Waals surface area contributed by atoms with Crippen LogP contribution in [0.5, 0.6) is 0 Å². The standard InChI is InChI=1S/C19H24N2O7/c1-12(15-16(22)20-18(2,3)27-10-9-19(15,20)4)28-17(23)26-11-13-7-5-6-8-14(13)21(24)25/h5-8,12,15H,9-11H2,1-4H3/t12?,15-,19?/m1/s1. The second-order valence-corrected chi connectivity index (χ2v) is 7.80. The van der Waals surface area contributed by atoms with Crippen molar-refractivity contribution in [3.05, 3.63) is 39.9 Å². The summed E-state index contributed by atoms with van der Waals surface area (Å²) < 4.78 is 16.0. The highest BCUT2D eigenvalue weighted by atomic mass is 16.7. The second kappa shape index (κ2) is 7.05. The van der Waals surface area contributed by atoms with Gasteiger partial charge in [0.2, 0.25) is 5.91 Å². The topological polar surface area (TPSA) is 108 Å². The number of amides is 1. The summed E-state index contributed by atoms with van der Waals surface area (Å²) in [6.45, 7) is 7.52. The van der Waals surface area contributed by atoms with E-state index in [0.29, 0.717) is 13.0 Å². The minimum atomic E-state index is -0.966. The molecule has 0 spiro atoms. The Bertz CT molecular complexity index is 809. The maximum absolute atomic E-state index is 12.7. The van der Waals surface area contributed by atoms with Crippen LogP contribution in [0.4, 0.5) is 10.5 Å². The number of carbonyl (C=O) groups excluding carboxylic acids is 2. The zero-order chi connectivity index (χ0) is 20.7. The minimum absolute atomic E-state index is 0.133. The molecule has 1 amide bonds. The van der Waals surface area contributed by atoms with Crippen LogP contribution in [-0.2, 0) is 25.6 Å². The summed E-state index contributed by atoms with van der Waals surface area (Å²) in [5.74, 6) is -0.625. The quantitative estimate of drug-likeness (QED) is 0.328. The predicted molar refractivity (Wildman–Crippen MR) is 97.2 cm³/mol. The van der Waals surface area contributed by atoms with Crippen molar-refractivity contribution >= 4 is 17.7 Å². The maximum atomic E-state index is 12.7. The van der Waals surface area contributed by atoms with Gasteiger partial charge in [0.05, 0.1) is 28.6 Å². The van der Waals surface area contributed by atoms with Gasteiger partial charge in [-0.3, -0.25) is 14.9 Å². The van der Waals surface area contributed by atoms with E-state index in [0.717, 1.165) is 0 Å². The molecule has 0 bridgehead atoms. The van der Waals surface area contributed by atoms with Crippen LogP contribution in [-0.4, -0.2) is 45.9 Å². The number of fused-ring (bicyclic) bond motifs is 1. The average molecular weight is 392 g/mol. The molecule has 3 rings (SSSR count). The van der Waals surface area contributed by atoms with Crippen LogP contribution in [0.3, 0.4) is 0 Å². The Morgan fingerprint density at radius 1 is 1.39 bits per heavy atom. The minimum Gasteiger partial charge on any atom is -0.430 e. The average Bonchev–Trinajstić information content (AvgIpc) is 2.58. The number of benzene rings is 1. The maximum Gasteiger partial charge on any atom is 0.508 e. The summed E-state index contributed by atoms with van der Waals surface area (Å²) in [7, 11) is 0. The molecule has 2 unspecified atom stereocenters. The van der Waals surface area contributed by atoms with Crippen molar-refractivity contribution < 1.29 is 28.7 Å². The van der Waals surface area contributed by atoms with Gasteiger partial charge in [0.25, 0.3) is 5.69 Å². The highest BCUT2D eigenvalue weighted by Crippen LogP contribution is 2.50. The normalized spacial score (nSPS) is 26.6. The number of hydrogen-bond donors (Lipinski definition) is 0. The van der Waals surface area contributed by atoms with E-state index in [9.17, 15) is 19.7 Å². The molecule has 9 nitrogen and oxygen atoms in total. The van der Waals surface area contributed by atoms with Gasteiger partial charge in [-0.1, -0.05) is 12.1 Å². The third kappa shape index (κ3) is 3.30. The Morgan fingerprint density at radius 3 is 2.75 bits per heavy atom. The molecule has 28 heavy (non-hydrogen) atoms. The molecule has 2 fully saturated rings. The molecule has 0 aliphatic carbocycles. The molecule has 0 N–H and O–H groups in total. The number of rotatable bonds is 5. The van der Waals surface area contributed by atoms with Crippen molar-refractivity contribution in [1.29, 1.82) is 0 Å². The third-order valence-corrected chi connectivity index (χ3v) is 5.55. The van der Waals surface area contributed by atoms with Crippen molar-refractivity contribution in [2.75, 3.05) is 6.61 Å². The van der Waals surface area contributed by atoms with E-state index in [1.165, 1.54) is 18.2 Å². The van der Waals surface area contributed by atoms with E-state index >= 15 is 0 Å². The Hall–Kier alpha value is -2.68. The van der Waals surface area contributed by atoms with Crippen molar-refractivity contribution in [3.8, 4) is 0 Å². The molecule has 0 radical (unpaired) electrons. The van der Waals surface area contributed by atoms with Gasteiger partial charge < -0.3 is 19.1 Å². The molecule has 9 heteroatoms. The molecule has 152 valence electrons. The lowest BCUT2D eigenvalue weighted by Crippen LogP contribution is -2.79. The number of nitro groups is 1. The largest absolute Gasteiger partial charge is 0.508 e. The van der Waals surface area contributed by atoms with E-state index in [2.05, 4.69) is 0 Å². The molecule has 0 saturated carbocycles. The van der Waals surface area contributed by atoms with Gasteiger partial charge in [-0.2, -0.15) is 0 Å². The lowest BCUT2D eigenvalue weighted by molar-refractivity contribution is -0.385. The monoisotopic (exact) mass is 392 g/mol. The van der Waals surface area contributed by atoms with Crippen molar-refractivity contribution in [3.63, 3.8) is 0 Å². The number of nitro benzene ring substituents is 1. The molecule has 1 aromatic rings. The first-order valence-electron chi connectivity index (χ1n) is 9.12.